The van der Waals surface area contributed by atoms with Crippen molar-refractivity contribution in [1.82, 2.24) is 15.0 Å². The minimum absolute atomic E-state index is 0.442. The second-order valence-corrected chi connectivity index (χ2v) is 1.61. The summed E-state index contributed by atoms with van der Waals surface area (Å²) in [6.45, 7) is 4.13. The van der Waals surface area contributed by atoms with E-state index in [2.05, 4.69) is 16.8 Å². The third kappa shape index (κ3) is 1.28. The highest BCUT2D eigenvalue weighted by Crippen LogP contribution is 1.89. The zero-order chi connectivity index (χ0) is 6.69. The van der Waals surface area contributed by atoms with Crippen LogP contribution in [0.5, 0.6) is 0 Å². The van der Waals surface area contributed by atoms with Gasteiger partial charge in [0.05, 0.1) is 12.7 Å². The topological polar surface area (TPSA) is 56.7 Å². The van der Waals surface area contributed by atoms with Crippen LogP contribution in [0.1, 0.15) is 0 Å². The van der Waals surface area contributed by atoms with E-state index in [1.807, 2.05) is 0 Å². The molecule has 0 aromatic carbocycles. The number of aromatic nitrogens is 3. The lowest BCUT2D eigenvalue weighted by atomic mass is 10.7. The molecule has 1 rings (SSSR count). The molecule has 0 saturated heterocycles. The maximum absolute atomic E-state index is 5.28. The third-order valence-electron chi connectivity index (χ3n) is 0.847. The Bertz CT molecular complexity index is 202. The monoisotopic (exact) mass is 124 g/mol. The Morgan fingerprint density at radius 1 is 1.89 bits per heavy atom. The molecule has 2 N–H and O–H groups in total. The van der Waals surface area contributed by atoms with Crippen LogP contribution < -0.4 is 5.73 Å². The van der Waals surface area contributed by atoms with Crippen molar-refractivity contribution in [3.63, 3.8) is 0 Å². The molecule has 0 amide bonds. The van der Waals surface area contributed by atoms with Gasteiger partial charge in [0.1, 0.15) is 0 Å². The number of hydrogen-bond donors (Lipinski definition) is 1. The highest BCUT2D eigenvalue weighted by molar-refractivity contribution is 5.19. The molecule has 0 atom stereocenters. The Morgan fingerprint density at radius 3 is 3.11 bits per heavy atom. The summed E-state index contributed by atoms with van der Waals surface area (Å²) in [5.41, 5.74) is 5.28. The van der Waals surface area contributed by atoms with Crippen LogP contribution in [0.25, 0.3) is 0 Å². The van der Waals surface area contributed by atoms with E-state index in [4.69, 9.17) is 5.73 Å². The van der Waals surface area contributed by atoms with Crippen LogP contribution in [0.4, 0.5) is 5.82 Å². The third-order valence-corrected chi connectivity index (χ3v) is 0.847. The summed E-state index contributed by atoms with van der Waals surface area (Å²) in [6.07, 6.45) is 3.21. The van der Waals surface area contributed by atoms with Crippen molar-refractivity contribution in [2.24, 2.45) is 0 Å². The Morgan fingerprint density at radius 2 is 2.67 bits per heavy atom. The first-order valence-electron chi connectivity index (χ1n) is 2.59. The summed E-state index contributed by atoms with van der Waals surface area (Å²) in [4.78, 5) is 1.47. The molecule has 0 unspecified atom stereocenters. The van der Waals surface area contributed by atoms with Crippen molar-refractivity contribution in [2.75, 3.05) is 5.73 Å². The summed E-state index contributed by atoms with van der Waals surface area (Å²) < 4.78 is 0. The van der Waals surface area contributed by atoms with E-state index in [1.54, 1.807) is 6.08 Å². The molecule has 4 nitrogen and oxygen atoms in total. The second-order valence-electron chi connectivity index (χ2n) is 1.61. The molecule has 0 aliphatic heterocycles. The number of rotatable bonds is 2. The predicted octanol–water partition coefficient (Wildman–Crippen LogP) is 0.0463. The van der Waals surface area contributed by atoms with Crippen LogP contribution >= 0.6 is 0 Å². The lowest BCUT2D eigenvalue weighted by molar-refractivity contribution is 0.604. The highest BCUT2D eigenvalue weighted by atomic mass is 15.5. The van der Waals surface area contributed by atoms with Crippen LogP contribution in [0.3, 0.4) is 0 Å². The van der Waals surface area contributed by atoms with E-state index in [0.29, 0.717) is 12.4 Å². The number of allylic oxidation sites excluding steroid dienone is 1. The number of anilines is 1. The first-order valence-corrected chi connectivity index (χ1v) is 2.59. The van der Waals surface area contributed by atoms with Crippen molar-refractivity contribution in [3.05, 3.63) is 18.9 Å². The normalized spacial score (nSPS) is 9.33. The van der Waals surface area contributed by atoms with Gasteiger partial charge in [-0.2, -0.15) is 9.90 Å². The number of nitrogens with zero attached hydrogens (tertiary/aromatic N) is 3. The SMILES string of the molecule is C=CCn1ncc(N)n1. The first kappa shape index (κ1) is 5.81. The molecule has 0 fully saturated rings. The van der Waals surface area contributed by atoms with E-state index in [-0.39, 0.29) is 0 Å². The molecule has 0 saturated carbocycles. The molecule has 9 heavy (non-hydrogen) atoms. The highest BCUT2D eigenvalue weighted by Gasteiger charge is 1.89. The van der Waals surface area contributed by atoms with Gasteiger partial charge in [0.2, 0.25) is 0 Å². The zero-order valence-electron chi connectivity index (χ0n) is 4.99. The minimum atomic E-state index is 0.442. The fourth-order valence-corrected chi connectivity index (χ4v) is 0.514. The molecule has 1 aromatic heterocycles. The summed E-state index contributed by atoms with van der Waals surface area (Å²) >= 11 is 0. The molecule has 0 spiro atoms. The summed E-state index contributed by atoms with van der Waals surface area (Å²) in [5.74, 6) is 0.442. The summed E-state index contributed by atoms with van der Waals surface area (Å²) in [5, 5.41) is 7.63. The van der Waals surface area contributed by atoms with Gasteiger partial charge in [0, 0.05) is 0 Å². The van der Waals surface area contributed by atoms with Gasteiger partial charge in [-0.3, -0.25) is 0 Å². The summed E-state index contributed by atoms with van der Waals surface area (Å²) in [7, 11) is 0. The quantitative estimate of drug-likeness (QED) is 0.566. The van der Waals surface area contributed by atoms with Crippen LogP contribution in [0.2, 0.25) is 0 Å². The minimum Gasteiger partial charge on any atom is -0.381 e. The lowest BCUT2D eigenvalue weighted by Gasteiger charge is -1.87. The number of hydrogen-bond acceptors (Lipinski definition) is 3. The Kier molecular flexibility index (Phi) is 1.48. The molecule has 0 radical (unpaired) electrons. The lowest BCUT2D eigenvalue weighted by Crippen LogP contribution is -1.99. The number of nitrogen functional groups attached to an aromatic ring is 1. The molecule has 4 heteroatoms. The van der Waals surface area contributed by atoms with Gasteiger partial charge in [-0.1, -0.05) is 6.08 Å². The van der Waals surface area contributed by atoms with E-state index < -0.39 is 0 Å². The number of nitrogens with two attached hydrogens (primary N) is 1. The van der Waals surface area contributed by atoms with Crippen LogP contribution in [-0.2, 0) is 6.54 Å². The maximum atomic E-state index is 5.28. The molecule has 0 bridgehead atoms. The average Bonchev–Trinajstić information content (AvgIpc) is 2.17. The first-order chi connectivity index (χ1) is 4.33. The fourth-order valence-electron chi connectivity index (χ4n) is 0.514. The van der Waals surface area contributed by atoms with Crippen molar-refractivity contribution in [3.8, 4) is 0 Å². The molecule has 1 aromatic rings. The average molecular weight is 124 g/mol. The van der Waals surface area contributed by atoms with E-state index in [9.17, 15) is 0 Å². The molecular weight excluding hydrogens is 116 g/mol. The van der Waals surface area contributed by atoms with E-state index >= 15 is 0 Å². The zero-order valence-corrected chi connectivity index (χ0v) is 4.99. The molecule has 48 valence electrons. The Balaban J connectivity index is 2.72. The van der Waals surface area contributed by atoms with Gasteiger partial charge in [-0.05, 0) is 0 Å². The molecule has 0 aliphatic rings. The Labute approximate surface area is 53.0 Å². The standard InChI is InChI=1S/C5H8N4/c1-2-3-9-7-4-5(6)8-9/h2,4H,1,3H2,(H2,6,8). The Hall–Kier alpha value is -1.32. The van der Waals surface area contributed by atoms with E-state index in [0.717, 1.165) is 0 Å². The van der Waals surface area contributed by atoms with E-state index in [1.165, 1.54) is 11.0 Å². The van der Waals surface area contributed by atoms with Crippen molar-refractivity contribution in [1.29, 1.82) is 0 Å². The van der Waals surface area contributed by atoms with Crippen LogP contribution in [0.15, 0.2) is 18.9 Å². The van der Waals surface area contributed by atoms with Gasteiger partial charge in [-0.25, -0.2) is 0 Å². The predicted molar refractivity (Wildman–Crippen MR) is 34.6 cm³/mol. The van der Waals surface area contributed by atoms with Gasteiger partial charge < -0.3 is 5.73 Å². The van der Waals surface area contributed by atoms with Crippen molar-refractivity contribution in [2.45, 2.75) is 6.54 Å². The second kappa shape index (κ2) is 2.30. The molecule has 0 aliphatic carbocycles. The van der Waals surface area contributed by atoms with Gasteiger partial charge in [0.15, 0.2) is 5.82 Å². The van der Waals surface area contributed by atoms with Crippen LogP contribution in [0, 0.1) is 0 Å². The smallest absolute Gasteiger partial charge is 0.165 e. The molecule has 1 heterocycles. The van der Waals surface area contributed by atoms with Crippen LogP contribution in [-0.4, -0.2) is 15.0 Å². The van der Waals surface area contributed by atoms with Crippen molar-refractivity contribution >= 4 is 5.82 Å². The maximum Gasteiger partial charge on any atom is 0.165 e. The van der Waals surface area contributed by atoms with Gasteiger partial charge >= 0.3 is 0 Å². The van der Waals surface area contributed by atoms with Gasteiger partial charge in [0.25, 0.3) is 0 Å². The fraction of sp³-hybridized carbons (Fsp3) is 0.200. The summed E-state index contributed by atoms with van der Waals surface area (Å²) in [6, 6.07) is 0. The largest absolute Gasteiger partial charge is 0.381 e. The molecular formula is C5H8N4. The van der Waals surface area contributed by atoms with Gasteiger partial charge in [-0.15, -0.1) is 11.7 Å². The van der Waals surface area contributed by atoms with Crippen molar-refractivity contribution < 1.29 is 0 Å².